The topological polar surface area (TPSA) is 72.7 Å². The maximum atomic E-state index is 6.20. The third-order valence-corrected chi connectivity index (χ3v) is 5.49. The van der Waals surface area contributed by atoms with Crippen LogP contribution in [0.2, 0.25) is 0 Å². The van der Waals surface area contributed by atoms with Crippen molar-refractivity contribution in [2.24, 2.45) is 4.99 Å². The van der Waals surface area contributed by atoms with E-state index in [0.717, 1.165) is 49.0 Å². The van der Waals surface area contributed by atoms with E-state index in [-0.39, 0.29) is 30.1 Å². The monoisotopic (exact) mass is 561 g/mol. The van der Waals surface area contributed by atoms with Crippen molar-refractivity contribution in [2.45, 2.75) is 32.4 Å². The normalized spacial score (nSPS) is 15.7. The maximum absolute atomic E-state index is 6.20. The number of guanidine groups is 1. The van der Waals surface area contributed by atoms with Crippen LogP contribution in [-0.4, -0.2) is 48.7 Å². The molecule has 4 rings (SSSR count). The SMILES string of the molecule is CN=C(NCCc1ccc(-n2cccn2)cc1)NCc1ccc(C)cc1OC1CCOC1.I. The Hall–Kier alpha value is -2.59. The van der Waals surface area contributed by atoms with Gasteiger partial charge >= 0.3 is 0 Å². The average Bonchev–Trinajstić information content (AvgIpc) is 3.52. The summed E-state index contributed by atoms with van der Waals surface area (Å²) in [6.45, 7) is 4.94. The molecule has 1 unspecified atom stereocenters. The maximum Gasteiger partial charge on any atom is 0.191 e. The molecule has 0 amide bonds. The Morgan fingerprint density at radius 2 is 2.06 bits per heavy atom. The molecule has 33 heavy (non-hydrogen) atoms. The zero-order valence-corrected chi connectivity index (χ0v) is 21.5. The minimum Gasteiger partial charge on any atom is -0.488 e. The van der Waals surface area contributed by atoms with Crippen LogP contribution in [0.3, 0.4) is 0 Å². The first-order chi connectivity index (χ1) is 15.7. The van der Waals surface area contributed by atoms with E-state index in [2.05, 4.69) is 70.1 Å². The van der Waals surface area contributed by atoms with Gasteiger partial charge in [-0.15, -0.1) is 24.0 Å². The molecule has 3 aromatic rings. The smallest absolute Gasteiger partial charge is 0.191 e. The highest BCUT2D eigenvalue weighted by atomic mass is 127. The Morgan fingerprint density at radius 3 is 2.76 bits per heavy atom. The molecule has 1 fully saturated rings. The molecule has 1 atom stereocenters. The number of benzene rings is 2. The molecule has 2 heterocycles. The molecule has 2 N–H and O–H groups in total. The summed E-state index contributed by atoms with van der Waals surface area (Å²) in [6.07, 6.45) is 5.70. The van der Waals surface area contributed by atoms with Crippen molar-refractivity contribution in [3.63, 3.8) is 0 Å². The van der Waals surface area contributed by atoms with Gasteiger partial charge in [-0.1, -0.05) is 24.3 Å². The first-order valence-electron chi connectivity index (χ1n) is 11.1. The molecule has 0 radical (unpaired) electrons. The van der Waals surface area contributed by atoms with Gasteiger partial charge in [-0.2, -0.15) is 5.10 Å². The lowest BCUT2D eigenvalue weighted by atomic mass is 10.1. The van der Waals surface area contributed by atoms with Crippen molar-refractivity contribution in [1.29, 1.82) is 0 Å². The number of halogens is 1. The number of hydrogen-bond acceptors (Lipinski definition) is 4. The molecule has 0 bridgehead atoms. The summed E-state index contributed by atoms with van der Waals surface area (Å²) in [5, 5.41) is 11.1. The predicted molar refractivity (Wildman–Crippen MR) is 142 cm³/mol. The minimum absolute atomic E-state index is 0. The largest absolute Gasteiger partial charge is 0.488 e. The lowest BCUT2D eigenvalue weighted by Gasteiger charge is -2.18. The van der Waals surface area contributed by atoms with Crippen LogP contribution in [0.15, 0.2) is 65.9 Å². The summed E-state index contributed by atoms with van der Waals surface area (Å²) < 4.78 is 13.5. The van der Waals surface area contributed by atoms with Crippen molar-refractivity contribution in [3.8, 4) is 11.4 Å². The fraction of sp³-hybridized carbons (Fsp3) is 0.360. The van der Waals surface area contributed by atoms with Gasteiger partial charge in [0.25, 0.3) is 0 Å². The third-order valence-electron chi connectivity index (χ3n) is 5.49. The fourth-order valence-electron chi connectivity index (χ4n) is 3.66. The number of hydrogen-bond donors (Lipinski definition) is 2. The third kappa shape index (κ3) is 7.20. The number of aliphatic imine (C=N–C) groups is 1. The van der Waals surface area contributed by atoms with Gasteiger partial charge in [-0.3, -0.25) is 4.99 Å². The van der Waals surface area contributed by atoms with Gasteiger partial charge < -0.3 is 20.1 Å². The standard InChI is InChI=1S/C25H31N5O2.HI/c1-19-4-7-21(24(16-19)32-23-11-15-31-18-23)17-28-25(26-2)27-13-10-20-5-8-22(9-6-20)30-14-3-12-29-30;/h3-9,12,14,16,23H,10-11,13,15,17-18H2,1-2H3,(H2,26,27,28);1H. The van der Waals surface area contributed by atoms with Crippen molar-refractivity contribution >= 4 is 29.9 Å². The van der Waals surface area contributed by atoms with Crippen LogP contribution in [0.25, 0.3) is 5.69 Å². The molecule has 1 aliphatic heterocycles. The molecule has 0 saturated carbocycles. The molecule has 7 nitrogen and oxygen atoms in total. The van der Waals surface area contributed by atoms with Gasteiger partial charge in [-0.05, 0) is 48.7 Å². The highest BCUT2D eigenvalue weighted by Gasteiger charge is 2.18. The van der Waals surface area contributed by atoms with Crippen LogP contribution in [-0.2, 0) is 17.7 Å². The van der Waals surface area contributed by atoms with Crippen molar-refractivity contribution in [1.82, 2.24) is 20.4 Å². The Labute approximate surface area is 212 Å². The summed E-state index contributed by atoms with van der Waals surface area (Å²) in [5.41, 5.74) is 4.62. The van der Waals surface area contributed by atoms with Crippen molar-refractivity contribution in [3.05, 3.63) is 77.6 Å². The van der Waals surface area contributed by atoms with Gasteiger partial charge in [0.2, 0.25) is 0 Å². The molecule has 1 aliphatic rings. The summed E-state index contributed by atoms with van der Waals surface area (Å²) in [7, 11) is 1.79. The van der Waals surface area contributed by atoms with Crippen LogP contribution >= 0.6 is 24.0 Å². The highest BCUT2D eigenvalue weighted by molar-refractivity contribution is 14.0. The van der Waals surface area contributed by atoms with Crippen LogP contribution < -0.4 is 15.4 Å². The number of nitrogens with zero attached hydrogens (tertiary/aromatic N) is 3. The van der Waals surface area contributed by atoms with Gasteiger partial charge in [0.1, 0.15) is 11.9 Å². The Bertz CT molecular complexity index is 1020. The van der Waals surface area contributed by atoms with E-state index in [9.17, 15) is 0 Å². The molecule has 1 aromatic heterocycles. The van der Waals surface area contributed by atoms with E-state index in [4.69, 9.17) is 9.47 Å². The predicted octanol–water partition coefficient (Wildman–Crippen LogP) is 3.87. The summed E-state index contributed by atoms with van der Waals surface area (Å²) in [6, 6.07) is 16.7. The van der Waals surface area contributed by atoms with E-state index in [1.165, 1.54) is 11.1 Å². The number of aryl methyl sites for hydroxylation is 1. The molecule has 0 aliphatic carbocycles. The lowest BCUT2D eigenvalue weighted by Crippen LogP contribution is -2.38. The van der Waals surface area contributed by atoms with E-state index >= 15 is 0 Å². The molecule has 2 aromatic carbocycles. The van der Waals surface area contributed by atoms with E-state index in [1.54, 1.807) is 13.2 Å². The molecule has 176 valence electrons. The summed E-state index contributed by atoms with van der Waals surface area (Å²) >= 11 is 0. The summed E-state index contributed by atoms with van der Waals surface area (Å²) in [4.78, 5) is 4.35. The number of rotatable bonds is 8. The van der Waals surface area contributed by atoms with Gasteiger partial charge in [-0.25, -0.2) is 4.68 Å². The van der Waals surface area contributed by atoms with Gasteiger partial charge in [0.05, 0.1) is 18.9 Å². The van der Waals surface area contributed by atoms with Crippen molar-refractivity contribution < 1.29 is 9.47 Å². The first kappa shape index (κ1) is 25.0. The average molecular weight is 561 g/mol. The molecular formula is C25H32IN5O2. The van der Waals surface area contributed by atoms with Crippen LogP contribution in [0.5, 0.6) is 5.75 Å². The second kappa shape index (κ2) is 12.6. The number of nitrogens with one attached hydrogen (secondary N) is 2. The highest BCUT2D eigenvalue weighted by Crippen LogP contribution is 2.23. The fourth-order valence-corrected chi connectivity index (χ4v) is 3.66. The lowest BCUT2D eigenvalue weighted by molar-refractivity contribution is 0.140. The van der Waals surface area contributed by atoms with Gasteiger partial charge in [0.15, 0.2) is 5.96 Å². The van der Waals surface area contributed by atoms with Crippen LogP contribution in [0.4, 0.5) is 0 Å². The minimum atomic E-state index is 0. The quantitative estimate of drug-likeness (QED) is 0.248. The zero-order chi connectivity index (χ0) is 22.2. The first-order valence-corrected chi connectivity index (χ1v) is 11.1. The summed E-state index contributed by atoms with van der Waals surface area (Å²) in [5.74, 6) is 1.69. The second-order valence-electron chi connectivity index (χ2n) is 7.93. The Balaban J connectivity index is 0.00000306. The molecule has 8 heteroatoms. The van der Waals surface area contributed by atoms with Gasteiger partial charge in [0, 0.05) is 44.5 Å². The zero-order valence-electron chi connectivity index (χ0n) is 19.2. The molecular weight excluding hydrogens is 529 g/mol. The molecule has 1 saturated heterocycles. The van der Waals surface area contributed by atoms with Crippen LogP contribution in [0, 0.1) is 6.92 Å². The van der Waals surface area contributed by atoms with E-state index in [1.807, 2.05) is 16.9 Å². The van der Waals surface area contributed by atoms with E-state index < -0.39 is 0 Å². The second-order valence-corrected chi connectivity index (χ2v) is 7.93. The van der Waals surface area contributed by atoms with E-state index in [0.29, 0.717) is 13.2 Å². The number of aromatic nitrogens is 2. The number of ether oxygens (including phenoxy) is 2. The Morgan fingerprint density at radius 1 is 1.21 bits per heavy atom. The van der Waals surface area contributed by atoms with Crippen LogP contribution in [0.1, 0.15) is 23.1 Å². The van der Waals surface area contributed by atoms with Crippen molar-refractivity contribution in [2.75, 3.05) is 26.8 Å². The Kier molecular flexibility index (Phi) is 9.56. The molecule has 0 spiro atoms.